The van der Waals surface area contributed by atoms with Crippen LogP contribution in [0.15, 0.2) is 199 Å². The minimum absolute atomic E-state index is 0.0144. The maximum Gasteiger partial charge on any atom is 0.0629 e. The van der Waals surface area contributed by atoms with Crippen LogP contribution >= 0.6 is 0 Å². The Hall–Kier alpha value is -6.12. The van der Waals surface area contributed by atoms with E-state index in [-0.39, 0.29) is 11.5 Å². The molecule has 2 heteroatoms. The van der Waals surface area contributed by atoms with Crippen molar-refractivity contribution in [1.82, 2.24) is 0 Å². The van der Waals surface area contributed by atoms with E-state index in [9.17, 15) is 0 Å². The van der Waals surface area contributed by atoms with Crippen molar-refractivity contribution in [3.05, 3.63) is 216 Å². The van der Waals surface area contributed by atoms with Crippen molar-refractivity contribution in [1.29, 1.82) is 0 Å². The normalized spacial score (nSPS) is 20.2. The predicted octanol–water partition coefficient (Wildman–Crippen LogP) is 13.2. The minimum Gasteiger partial charge on any atom is -0.333 e. The summed E-state index contributed by atoms with van der Waals surface area (Å²) in [6, 6.07) is 56.1. The molecule has 0 saturated carbocycles. The van der Waals surface area contributed by atoms with Gasteiger partial charge in [0.15, 0.2) is 0 Å². The van der Waals surface area contributed by atoms with Gasteiger partial charge >= 0.3 is 0 Å². The van der Waals surface area contributed by atoms with Gasteiger partial charge in [0.25, 0.3) is 0 Å². The third-order valence-corrected chi connectivity index (χ3v) is 12.0. The van der Waals surface area contributed by atoms with Gasteiger partial charge in [-0.1, -0.05) is 153 Å². The molecule has 1 heterocycles. The average molecular weight is 683 g/mol. The van der Waals surface area contributed by atoms with E-state index in [1.807, 2.05) is 0 Å². The van der Waals surface area contributed by atoms with E-state index in [2.05, 4.69) is 212 Å². The lowest BCUT2D eigenvalue weighted by Gasteiger charge is -2.33. The second-order valence-electron chi connectivity index (χ2n) is 15.3. The van der Waals surface area contributed by atoms with Gasteiger partial charge in [0.1, 0.15) is 0 Å². The molecular formula is C51H42N2. The van der Waals surface area contributed by atoms with Gasteiger partial charge < -0.3 is 9.80 Å². The quantitative estimate of drug-likeness (QED) is 0.173. The maximum absolute atomic E-state index is 2.49. The summed E-state index contributed by atoms with van der Waals surface area (Å²) >= 11 is 0. The summed E-state index contributed by atoms with van der Waals surface area (Å²) in [5.41, 5.74) is 16.8. The van der Waals surface area contributed by atoms with Crippen LogP contribution in [0.5, 0.6) is 0 Å². The Morgan fingerprint density at radius 3 is 1.92 bits per heavy atom. The van der Waals surface area contributed by atoms with Gasteiger partial charge in [-0.05, 0) is 100.0 Å². The SMILES string of the molecule is CC1(C)C2=CC(N(c3ccc(-c4ccccc4)cc3)c3ccc(-c4ccc5c(c4)C4C=CC=CC4N5c4ccccc4)cc3)=CCC2c2ccccc21. The van der Waals surface area contributed by atoms with E-state index >= 15 is 0 Å². The van der Waals surface area contributed by atoms with Crippen LogP contribution in [0.25, 0.3) is 22.3 Å². The largest absolute Gasteiger partial charge is 0.333 e. The maximum atomic E-state index is 2.49. The first-order valence-corrected chi connectivity index (χ1v) is 19.0. The number of allylic oxidation sites excluding steroid dienone is 5. The van der Waals surface area contributed by atoms with Gasteiger partial charge in [0.05, 0.1) is 6.04 Å². The molecule has 0 bridgehead atoms. The summed E-state index contributed by atoms with van der Waals surface area (Å²) in [5, 5.41) is 0. The molecule has 6 aromatic rings. The molecule has 4 aliphatic rings. The Balaban J connectivity index is 1.02. The van der Waals surface area contributed by atoms with Crippen molar-refractivity contribution in [3.8, 4) is 22.3 Å². The lowest BCUT2D eigenvalue weighted by Crippen LogP contribution is -2.28. The van der Waals surface area contributed by atoms with E-state index < -0.39 is 0 Å². The number of hydrogen-bond donors (Lipinski definition) is 0. The molecule has 6 aromatic carbocycles. The zero-order chi connectivity index (χ0) is 35.5. The van der Waals surface area contributed by atoms with Crippen LogP contribution in [0.1, 0.15) is 48.8 Å². The van der Waals surface area contributed by atoms with Gasteiger partial charge in [0, 0.05) is 45.7 Å². The molecule has 1 aliphatic heterocycles. The molecule has 0 spiro atoms. The highest BCUT2D eigenvalue weighted by Gasteiger charge is 2.42. The summed E-state index contributed by atoms with van der Waals surface area (Å²) in [4.78, 5) is 4.94. The highest BCUT2D eigenvalue weighted by molar-refractivity contribution is 5.81. The summed E-state index contributed by atoms with van der Waals surface area (Å²) in [5.74, 6) is 0.756. The Bertz CT molecular complexity index is 2450. The third kappa shape index (κ3) is 5.24. The number of fused-ring (bicyclic) bond motifs is 6. The highest BCUT2D eigenvalue weighted by atomic mass is 15.2. The summed E-state index contributed by atoms with van der Waals surface area (Å²) in [7, 11) is 0. The standard InChI is InChI=1S/C51H42N2/c1-51(2)47-19-11-9-17-43(47)44-31-30-42(34-48(44)51)52(40-26-21-36(22-27-40)35-13-5-3-6-14-35)41-28-23-37(24-29-41)38-25-32-50-46(33-38)45-18-10-12-20-49(45)53(50)39-15-7-4-8-16-39/h3-30,32-34,44-45,49H,31H2,1-2H3. The molecule has 0 aromatic heterocycles. The Morgan fingerprint density at radius 1 is 0.585 bits per heavy atom. The molecule has 256 valence electrons. The van der Waals surface area contributed by atoms with Crippen molar-refractivity contribution in [3.63, 3.8) is 0 Å². The lowest BCUT2D eigenvalue weighted by molar-refractivity contribution is 0.609. The van der Waals surface area contributed by atoms with Gasteiger partial charge in [0.2, 0.25) is 0 Å². The predicted molar refractivity (Wildman–Crippen MR) is 222 cm³/mol. The molecule has 0 saturated heterocycles. The fourth-order valence-electron chi connectivity index (χ4n) is 9.37. The first-order valence-electron chi connectivity index (χ1n) is 19.0. The van der Waals surface area contributed by atoms with Crippen molar-refractivity contribution in [2.24, 2.45) is 0 Å². The monoisotopic (exact) mass is 682 g/mol. The molecule has 3 atom stereocenters. The fourth-order valence-corrected chi connectivity index (χ4v) is 9.37. The second-order valence-corrected chi connectivity index (χ2v) is 15.3. The van der Waals surface area contributed by atoms with Crippen molar-refractivity contribution in [2.75, 3.05) is 9.80 Å². The molecule has 53 heavy (non-hydrogen) atoms. The Morgan fingerprint density at radius 2 is 1.19 bits per heavy atom. The van der Waals surface area contributed by atoms with Crippen molar-refractivity contribution in [2.45, 2.75) is 43.6 Å². The molecule has 0 fully saturated rings. The van der Waals surface area contributed by atoms with E-state index in [1.165, 1.54) is 61.6 Å². The lowest BCUT2D eigenvalue weighted by atomic mass is 9.78. The average Bonchev–Trinajstić information content (AvgIpc) is 3.67. The molecule has 3 unspecified atom stereocenters. The summed E-state index contributed by atoms with van der Waals surface area (Å²) in [6.07, 6.45) is 15.0. The first-order chi connectivity index (χ1) is 26.0. The van der Waals surface area contributed by atoms with Crippen LogP contribution in [0.2, 0.25) is 0 Å². The molecule has 0 amide bonds. The molecule has 0 radical (unpaired) electrons. The van der Waals surface area contributed by atoms with Gasteiger partial charge in [-0.3, -0.25) is 0 Å². The zero-order valence-corrected chi connectivity index (χ0v) is 30.2. The van der Waals surface area contributed by atoms with Crippen LogP contribution < -0.4 is 9.80 Å². The number of hydrogen-bond acceptors (Lipinski definition) is 2. The molecule has 3 aliphatic carbocycles. The summed E-state index contributed by atoms with van der Waals surface area (Å²) < 4.78 is 0. The first kappa shape index (κ1) is 31.6. The highest BCUT2D eigenvalue weighted by Crippen LogP contribution is 2.54. The Kier molecular flexibility index (Phi) is 7.47. The van der Waals surface area contributed by atoms with Gasteiger partial charge in [-0.15, -0.1) is 0 Å². The Labute approximate surface area is 313 Å². The van der Waals surface area contributed by atoms with E-state index in [1.54, 1.807) is 0 Å². The van der Waals surface area contributed by atoms with Crippen LogP contribution in [0.4, 0.5) is 22.7 Å². The molecular weight excluding hydrogens is 641 g/mol. The van der Waals surface area contributed by atoms with E-state index in [0.29, 0.717) is 11.8 Å². The van der Waals surface area contributed by atoms with Gasteiger partial charge in [-0.2, -0.15) is 0 Å². The molecule has 10 rings (SSSR count). The van der Waals surface area contributed by atoms with Crippen molar-refractivity contribution < 1.29 is 0 Å². The summed E-state index contributed by atoms with van der Waals surface area (Å²) in [6.45, 7) is 4.79. The van der Waals surface area contributed by atoms with Crippen LogP contribution in [-0.4, -0.2) is 6.04 Å². The van der Waals surface area contributed by atoms with Crippen molar-refractivity contribution >= 4 is 22.7 Å². The van der Waals surface area contributed by atoms with E-state index in [0.717, 1.165) is 17.8 Å². The zero-order valence-electron chi connectivity index (χ0n) is 30.2. The third-order valence-electron chi connectivity index (χ3n) is 12.0. The topological polar surface area (TPSA) is 6.48 Å². The molecule has 2 nitrogen and oxygen atoms in total. The number of nitrogens with zero attached hydrogens (tertiary/aromatic N) is 2. The smallest absolute Gasteiger partial charge is 0.0629 e. The van der Waals surface area contributed by atoms with Crippen LogP contribution in [0.3, 0.4) is 0 Å². The number of benzene rings is 6. The fraction of sp³-hybridized carbons (Fsp3) is 0.137. The molecule has 0 N–H and O–H groups in total. The van der Waals surface area contributed by atoms with Gasteiger partial charge in [-0.25, -0.2) is 0 Å². The number of anilines is 4. The van der Waals surface area contributed by atoms with Crippen LogP contribution in [-0.2, 0) is 5.41 Å². The number of para-hydroxylation sites is 1. The number of rotatable bonds is 6. The van der Waals surface area contributed by atoms with Crippen LogP contribution in [0, 0.1) is 0 Å². The minimum atomic E-state index is -0.0144. The van der Waals surface area contributed by atoms with E-state index in [4.69, 9.17) is 0 Å². The second kappa shape index (κ2) is 12.5.